The van der Waals surface area contributed by atoms with Crippen LogP contribution in [0.2, 0.25) is 0 Å². The predicted octanol–water partition coefficient (Wildman–Crippen LogP) is 4.77. The van der Waals surface area contributed by atoms with E-state index in [1.54, 1.807) is 12.4 Å². The highest BCUT2D eigenvalue weighted by molar-refractivity contribution is 6.19. The lowest BCUT2D eigenvalue weighted by Gasteiger charge is -2.36. The molecule has 55 heavy (non-hydrogen) atoms. The molecule has 1 amide bonds. The first kappa shape index (κ1) is 39.4. The number of amides is 1. The van der Waals surface area contributed by atoms with E-state index in [0.717, 1.165) is 16.7 Å². The van der Waals surface area contributed by atoms with E-state index in [2.05, 4.69) is 16.0 Å². The van der Waals surface area contributed by atoms with Gasteiger partial charge in [-0.3, -0.25) is 14.4 Å². The smallest absolute Gasteiger partial charge is 0.407 e. The van der Waals surface area contributed by atoms with E-state index in [-0.39, 0.29) is 66.8 Å². The van der Waals surface area contributed by atoms with Crippen molar-refractivity contribution in [1.29, 1.82) is 0 Å². The van der Waals surface area contributed by atoms with Gasteiger partial charge in [-0.15, -0.1) is 0 Å². The summed E-state index contributed by atoms with van der Waals surface area (Å²) in [5.41, 5.74) is 0.172. The standard InChI is InChI=1S/C44H51N3O8/c1-29(2)23-44(39(49)35(26-46-44)34(41(51)53-3)21-30-13-7-4-8-14-30)36-27-45-43(40(36)50,24-32-17-11-6-12-18-32)25-38(48)37(22-31-15-9-5-10-16-31)47-42(52)55-33-19-20-54-28-33/h4-18,26-27,29,33-34,37-38,45-46,48H,19-25,28H2,1-3H3,(H,47,52)/t33-,34-,37-,38-,43-,44-/m0/s1. The van der Waals surface area contributed by atoms with Crippen molar-refractivity contribution in [1.82, 2.24) is 16.0 Å². The van der Waals surface area contributed by atoms with Crippen molar-refractivity contribution >= 4 is 23.6 Å². The maximum atomic E-state index is 15.2. The number of hydrogen-bond donors (Lipinski definition) is 4. The number of methoxy groups -OCH3 is 1. The number of esters is 1. The van der Waals surface area contributed by atoms with Gasteiger partial charge in [0.25, 0.3) is 0 Å². The summed E-state index contributed by atoms with van der Waals surface area (Å²) in [4.78, 5) is 56.5. The van der Waals surface area contributed by atoms with Crippen LogP contribution >= 0.6 is 0 Å². The molecule has 4 N–H and O–H groups in total. The Morgan fingerprint density at radius 2 is 1.47 bits per heavy atom. The third-order valence-corrected chi connectivity index (χ3v) is 10.7. The zero-order valence-corrected chi connectivity index (χ0v) is 31.7. The molecule has 3 aromatic rings. The lowest BCUT2D eigenvalue weighted by atomic mass is 9.71. The third-order valence-electron chi connectivity index (χ3n) is 10.7. The van der Waals surface area contributed by atoms with Crippen molar-refractivity contribution < 1.29 is 38.5 Å². The molecule has 290 valence electrons. The van der Waals surface area contributed by atoms with Crippen molar-refractivity contribution in [3.63, 3.8) is 0 Å². The van der Waals surface area contributed by atoms with Gasteiger partial charge in [0.05, 0.1) is 38.4 Å². The third kappa shape index (κ3) is 9.01. The van der Waals surface area contributed by atoms with E-state index in [0.29, 0.717) is 19.6 Å². The Labute approximate surface area is 322 Å². The predicted molar refractivity (Wildman–Crippen MR) is 207 cm³/mol. The summed E-state index contributed by atoms with van der Waals surface area (Å²) < 4.78 is 16.2. The first-order valence-electron chi connectivity index (χ1n) is 19.0. The number of carbonyl (C=O) groups excluding carboxylic acids is 4. The topological polar surface area (TPSA) is 152 Å². The Morgan fingerprint density at radius 3 is 2.05 bits per heavy atom. The second-order valence-electron chi connectivity index (χ2n) is 15.2. The largest absolute Gasteiger partial charge is 0.469 e. The number of carbonyl (C=O) groups is 4. The number of hydrogen-bond acceptors (Lipinski definition) is 10. The number of aliphatic hydroxyl groups is 1. The van der Waals surface area contributed by atoms with Gasteiger partial charge in [0, 0.05) is 42.8 Å². The number of ether oxygens (including phenoxy) is 3. The van der Waals surface area contributed by atoms with Crippen LogP contribution in [-0.4, -0.2) is 78.4 Å². The van der Waals surface area contributed by atoms with Crippen LogP contribution < -0.4 is 16.0 Å². The quantitative estimate of drug-likeness (QED) is 0.151. The summed E-state index contributed by atoms with van der Waals surface area (Å²) in [5.74, 6) is -2.20. The molecular weight excluding hydrogens is 698 g/mol. The molecule has 3 aliphatic rings. The molecule has 3 aliphatic heterocycles. The Hall–Kier alpha value is -5.26. The Balaban J connectivity index is 1.31. The van der Waals surface area contributed by atoms with Crippen molar-refractivity contribution in [3.8, 4) is 0 Å². The molecule has 0 radical (unpaired) electrons. The maximum Gasteiger partial charge on any atom is 0.407 e. The summed E-state index contributed by atoms with van der Waals surface area (Å²) in [7, 11) is 1.30. The monoisotopic (exact) mass is 749 g/mol. The first-order chi connectivity index (χ1) is 26.5. The molecule has 11 nitrogen and oxygen atoms in total. The fourth-order valence-corrected chi connectivity index (χ4v) is 8.03. The molecule has 0 saturated carbocycles. The molecule has 0 bridgehead atoms. The number of benzene rings is 3. The number of aliphatic hydroxyl groups excluding tert-OH is 1. The Morgan fingerprint density at radius 1 is 0.855 bits per heavy atom. The van der Waals surface area contributed by atoms with E-state index in [9.17, 15) is 19.5 Å². The van der Waals surface area contributed by atoms with Crippen molar-refractivity contribution in [2.24, 2.45) is 11.8 Å². The van der Waals surface area contributed by atoms with Gasteiger partial charge >= 0.3 is 12.1 Å². The molecular formula is C44H51N3O8. The van der Waals surface area contributed by atoms with Gasteiger partial charge in [-0.1, -0.05) is 105 Å². The van der Waals surface area contributed by atoms with Crippen LogP contribution in [0.4, 0.5) is 4.79 Å². The minimum absolute atomic E-state index is 0.0333. The van der Waals surface area contributed by atoms with Gasteiger partial charge < -0.3 is 35.3 Å². The lowest BCUT2D eigenvalue weighted by molar-refractivity contribution is -0.145. The fourth-order valence-electron chi connectivity index (χ4n) is 8.03. The van der Waals surface area contributed by atoms with Crippen LogP contribution in [0.15, 0.2) is 115 Å². The number of Topliss-reactive ketones (excluding diaryl/α,β-unsaturated/α-hetero) is 2. The number of rotatable bonds is 16. The Kier molecular flexibility index (Phi) is 12.5. The summed E-state index contributed by atoms with van der Waals surface area (Å²) in [5, 5.41) is 21.6. The van der Waals surface area contributed by atoms with E-state index in [4.69, 9.17) is 14.2 Å². The van der Waals surface area contributed by atoms with Crippen LogP contribution in [0, 0.1) is 11.8 Å². The van der Waals surface area contributed by atoms with Gasteiger partial charge in [-0.25, -0.2) is 4.79 Å². The van der Waals surface area contributed by atoms with E-state index >= 15 is 4.79 Å². The minimum atomic E-state index is -1.48. The SMILES string of the molecule is COC(=O)[C@@H](Cc1ccccc1)C1=CN[C@@](CC(C)C)(C2=CN[C@@](Cc3ccccc3)(C[C@H](O)[C@H](Cc3ccccc3)NC(=O)O[C@H]3CCOC3)C2=O)C1=O. The molecule has 1 saturated heterocycles. The first-order valence-corrected chi connectivity index (χ1v) is 19.0. The number of nitrogens with one attached hydrogen (secondary N) is 3. The van der Waals surface area contributed by atoms with Gasteiger partial charge in [0.1, 0.15) is 17.2 Å². The molecule has 3 heterocycles. The highest BCUT2D eigenvalue weighted by Gasteiger charge is 2.57. The van der Waals surface area contributed by atoms with Crippen LogP contribution in [0.25, 0.3) is 0 Å². The summed E-state index contributed by atoms with van der Waals surface area (Å²) in [6, 6.07) is 27.5. The fraction of sp³-hybridized carbons (Fsp3) is 0.409. The summed E-state index contributed by atoms with van der Waals surface area (Å²) in [6.45, 7) is 4.76. The van der Waals surface area contributed by atoms with Crippen molar-refractivity contribution in [2.45, 2.75) is 81.7 Å². The second kappa shape index (κ2) is 17.5. The molecule has 1 fully saturated rings. The average Bonchev–Trinajstić information content (AvgIpc) is 3.89. The van der Waals surface area contributed by atoms with Crippen LogP contribution in [-0.2, 0) is 47.9 Å². The van der Waals surface area contributed by atoms with Crippen molar-refractivity contribution in [2.75, 3.05) is 20.3 Å². The molecule has 3 aromatic carbocycles. The maximum absolute atomic E-state index is 15.2. The number of alkyl carbamates (subject to hydrolysis) is 1. The van der Waals surface area contributed by atoms with Crippen LogP contribution in [0.1, 0.15) is 49.8 Å². The number of ketones is 2. The van der Waals surface area contributed by atoms with E-state index < -0.39 is 41.2 Å². The zero-order chi connectivity index (χ0) is 39.0. The van der Waals surface area contributed by atoms with Gasteiger partial charge in [0.15, 0.2) is 11.6 Å². The molecule has 0 spiro atoms. The zero-order valence-electron chi connectivity index (χ0n) is 31.7. The van der Waals surface area contributed by atoms with E-state index in [1.807, 2.05) is 105 Å². The lowest BCUT2D eigenvalue weighted by Crippen LogP contribution is -2.57. The summed E-state index contributed by atoms with van der Waals surface area (Å²) in [6.07, 6.45) is 2.33. The normalized spacial score (nSPS) is 23.6. The van der Waals surface area contributed by atoms with Gasteiger partial charge in [-0.2, -0.15) is 0 Å². The Bertz CT molecular complexity index is 1880. The minimum Gasteiger partial charge on any atom is -0.469 e. The molecule has 0 aliphatic carbocycles. The molecule has 6 atom stereocenters. The summed E-state index contributed by atoms with van der Waals surface area (Å²) >= 11 is 0. The highest BCUT2D eigenvalue weighted by Crippen LogP contribution is 2.42. The van der Waals surface area contributed by atoms with Gasteiger partial charge in [-0.05, 0) is 41.9 Å². The van der Waals surface area contributed by atoms with Gasteiger partial charge in [0.2, 0.25) is 0 Å². The molecule has 6 rings (SSSR count). The molecule has 0 unspecified atom stereocenters. The molecule has 0 aromatic heterocycles. The highest BCUT2D eigenvalue weighted by atomic mass is 16.6. The molecule has 11 heteroatoms. The van der Waals surface area contributed by atoms with Crippen LogP contribution in [0.5, 0.6) is 0 Å². The average molecular weight is 750 g/mol. The van der Waals surface area contributed by atoms with Crippen molar-refractivity contribution in [3.05, 3.63) is 131 Å². The van der Waals surface area contributed by atoms with E-state index in [1.165, 1.54) is 7.11 Å². The van der Waals surface area contributed by atoms with Crippen LogP contribution in [0.3, 0.4) is 0 Å². The second-order valence-corrected chi connectivity index (χ2v) is 15.2.